The van der Waals surface area contributed by atoms with Gasteiger partial charge in [-0.2, -0.15) is 0 Å². The molecule has 3 heteroatoms. The first-order valence-corrected chi connectivity index (χ1v) is 7.70. The van der Waals surface area contributed by atoms with Gasteiger partial charge in [-0.05, 0) is 59.0 Å². The highest BCUT2D eigenvalue weighted by molar-refractivity contribution is 4.96. The molecule has 1 fully saturated rings. The molecule has 2 N–H and O–H groups in total. The molecule has 0 bridgehead atoms. The fraction of sp³-hybridized carbons (Fsp3) is 1.00. The van der Waals surface area contributed by atoms with Gasteiger partial charge >= 0.3 is 0 Å². The van der Waals surface area contributed by atoms with Crippen LogP contribution in [0.5, 0.6) is 0 Å². The number of nitrogens with zero attached hydrogens (tertiary/aromatic N) is 1. The van der Waals surface area contributed by atoms with E-state index in [9.17, 15) is 5.11 Å². The molecule has 0 saturated heterocycles. The summed E-state index contributed by atoms with van der Waals surface area (Å²) in [5, 5.41) is 13.4. The maximum atomic E-state index is 9.80. The molecule has 0 aromatic carbocycles. The Hall–Kier alpha value is -0.120. The summed E-state index contributed by atoms with van der Waals surface area (Å²) in [7, 11) is 0. The van der Waals surface area contributed by atoms with Crippen molar-refractivity contribution in [3.05, 3.63) is 0 Å². The van der Waals surface area contributed by atoms with Crippen molar-refractivity contribution in [1.82, 2.24) is 10.2 Å². The van der Waals surface area contributed by atoms with E-state index in [-0.39, 0.29) is 12.1 Å². The number of hydrogen-bond acceptors (Lipinski definition) is 3. The predicted molar refractivity (Wildman–Crippen MR) is 77.9 cm³/mol. The molecule has 0 aliphatic heterocycles. The van der Waals surface area contributed by atoms with Gasteiger partial charge in [0.1, 0.15) is 0 Å². The Labute approximate surface area is 113 Å². The van der Waals surface area contributed by atoms with E-state index in [0.29, 0.717) is 12.1 Å². The van der Waals surface area contributed by atoms with Crippen LogP contribution in [0, 0.1) is 0 Å². The van der Waals surface area contributed by atoms with E-state index in [1.54, 1.807) is 0 Å². The summed E-state index contributed by atoms with van der Waals surface area (Å²) >= 11 is 0. The van der Waals surface area contributed by atoms with E-state index in [4.69, 9.17) is 0 Å². The molecule has 3 nitrogen and oxygen atoms in total. The number of nitrogens with one attached hydrogen (secondary N) is 1. The molecule has 0 spiro atoms. The maximum absolute atomic E-state index is 9.80. The SMILES string of the molecule is CCCNC1(CO)CCCC(N(CC)C(C)C)C1. The van der Waals surface area contributed by atoms with Crippen LogP contribution >= 0.6 is 0 Å². The highest BCUT2D eigenvalue weighted by atomic mass is 16.3. The highest BCUT2D eigenvalue weighted by Gasteiger charge is 2.37. The van der Waals surface area contributed by atoms with Gasteiger partial charge in [0.05, 0.1) is 6.61 Å². The lowest BCUT2D eigenvalue weighted by Crippen LogP contribution is -2.56. The third kappa shape index (κ3) is 3.94. The average Bonchev–Trinajstić information content (AvgIpc) is 2.37. The predicted octanol–water partition coefficient (Wildman–Crippen LogP) is 2.39. The number of aliphatic hydroxyl groups is 1. The van der Waals surface area contributed by atoms with Crippen LogP contribution in [0.25, 0.3) is 0 Å². The fourth-order valence-electron chi connectivity index (χ4n) is 3.41. The molecular formula is C15H32N2O. The third-order valence-corrected chi connectivity index (χ3v) is 4.37. The Balaban J connectivity index is 2.67. The smallest absolute Gasteiger partial charge is 0.0613 e. The van der Waals surface area contributed by atoms with Gasteiger partial charge in [0.15, 0.2) is 0 Å². The minimum absolute atomic E-state index is 0.0266. The largest absolute Gasteiger partial charge is 0.394 e. The molecule has 1 aliphatic rings. The first-order valence-electron chi connectivity index (χ1n) is 7.70. The molecule has 0 radical (unpaired) electrons. The first-order chi connectivity index (χ1) is 8.58. The first kappa shape index (κ1) is 15.9. The van der Waals surface area contributed by atoms with Crippen molar-refractivity contribution in [3.63, 3.8) is 0 Å². The van der Waals surface area contributed by atoms with Crippen LogP contribution in [0.3, 0.4) is 0 Å². The van der Waals surface area contributed by atoms with Crippen molar-refractivity contribution < 1.29 is 5.11 Å². The Morgan fingerprint density at radius 1 is 1.39 bits per heavy atom. The summed E-state index contributed by atoms with van der Waals surface area (Å²) < 4.78 is 0. The molecule has 2 unspecified atom stereocenters. The quantitative estimate of drug-likeness (QED) is 0.734. The lowest BCUT2D eigenvalue weighted by Gasteiger charge is -2.45. The van der Waals surface area contributed by atoms with E-state index in [1.807, 2.05) is 0 Å². The van der Waals surface area contributed by atoms with Gasteiger partial charge in [-0.25, -0.2) is 0 Å². The Morgan fingerprint density at radius 3 is 2.61 bits per heavy atom. The van der Waals surface area contributed by atoms with Crippen LogP contribution in [-0.4, -0.2) is 47.3 Å². The number of rotatable bonds is 7. The zero-order chi connectivity index (χ0) is 13.6. The van der Waals surface area contributed by atoms with E-state index < -0.39 is 0 Å². The van der Waals surface area contributed by atoms with Crippen LogP contribution in [-0.2, 0) is 0 Å². The second-order valence-corrected chi connectivity index (χ2v) is 6.04. The lowest BCUT2D eigenvalue weighted by atomic mass is 9.78. The van der Waals surface area contributed by atoms with Crippen LogP contribution < -0.4 is 5.32 Å². The van der Waals surface area contributed by atoms with Crippen molar-refractivity contribution in [2.45, 2.75) is 77.4 Å². The number of hydrogen-bond donors (Lipinski definition) is 2. The Kier molecular flexibility index (Phi) is 6.61. The average molecular weight is 256 g/mol. The summed E-state index contributed by atoms with van der Waals surface area (Å²) in [6.45, 7) is 11.4. The molecule has 0 heterocycles. The van der Waals surface area contributed by atoms with Gasteiger partial charge in [-0.15, -0.1) is 0 Å². The van der Waals surface area contributed by atoms with Crippen LogP contribution in [0.4, 0.5) is 0 Å². The van der Waals surface area contributed by atoms with E-state index in [1.165, 1.54) is 12.8 Å². The van der Waals surface area contributed by atoms with E-state index >= 15 is 0 Å². The Morgan fingerprint density at radius 2 is 2.11 bits per heavy atom. The second kappa shape index (κ2) is 7.46. The number of aliphatic hydroxyl groups excluding tert-OH is 1. The van der Waals surface area contributed by atoms with E-state index in [2.05, 4.69) is 37.9 Å². The van der Waals surface area contributed by atoms with Gasteiger partial charge < -0.3 is 10.4 Å². The molecule has 108 valence electrons. The van der Waals surface area contributed by atoms with Gasteiger partial charge in [0.2, 0.25) is 0 Å². The van der Waals surface area contributed by atoms with Gasteiger partial charge in [0, 0.05) is 17.6 Å². The molecule has 1 rings (SSSR count). The molecule has 1 aliphatic carbocycles. The maximum Gasteiger partial charge on any atom is 0.0613 e. The molecule has 0 amide bonds. The normalized spacial score (nSPS) is 29.2. The van der Waals surface area contributed by atoms with E-state index in [0.717, 1.165) is 32.4 Å². The summed E-state index contributed by atoms with van der Waals surface area (Å²) in [6, 6.07) is 1.22. The third-order valence-electron chi connectivity index (χ3n) is 4.37. The van der Waals surface area contributed by atoms with Crippen molar-refractivity contribution in [2.24, 2.45) is 0 Å². The summed E-state index contributed by atoms with van der Waals surface area (Å²) in [6.07, 6.45) is 5.85. The van der Waals surface area contributed by atoms with Gasteiger partial charge in [-0.1, -0.05) is 13.8 Å². The van der Waals surface area contributed by atoms with Crippen molar-refractivity contribution in [2.75, 3.05) is 19.7 Å². The van der Waals surface area contributed by atoms with Crippen molar-refractivity contribution in [3.8, 4) is 0 Å². The van der Waals surface area contributed by atoms with Crippen LogP contribution in [0.1, 0.15) is 59.8 Å². The monoisotopic (exact) mass is 256 g/mol. The van der Waals surface area contributed by atoms with Gasteiger partial charge in [0.25, 0.3) is 0 Å². The van der Waals surface area contributed by atoms with Crippen LogP contribution in [0.2, 0.25) is 0 Å². The van der Waals surface area contributed by atoms with Gasteiger partial charge in [-0.3, -0.25) is 4.90 Å². The second-order valence-electron chi connectivity index (χ2n) is 6.04. The molecule has 0 aromatic rings. The zero-order valence-corrected chi connectivity index (χ0v) is 12.7. The molecule has 0 aromatic heterocycles. The highest BCUT2D eigenvalue weighted by Crippen LogP contribution is 2.31. The minimum Gasteiger partial charge on any atom is -0.394 e. The molecular weight excluding hydrogens is 224 g/mol. The summed E-state index contributed by atoms with van der Waals surface area (Å²) in [4.78, 5) is 2.58. The van der Waals surface area contributed by atoms with Crippen molar-refractivity contribution >= 4 is 0 Å². The lowest BCUT2D eigenvalue weighted by molar-refractivity contribution is 0.0482. The standard InChI is InChI=1S/C15H32N2O/c1-5-10-16-15(12-18)9-7-8-14(11-15)17(6-2)13(3)4/h13-14,16,18H,5-12H2,1-4H3. The summed E-state index contributed by atoms with van der Waals surface area (Å²) in [5.74, 6) is 0. The molecule has 18 heavy (non-hydrogen) atoms. The van der Waals surface area contributed by atoms with Crippen molar-refractivity contribution in [1.29, 1.82) is 0 Å². The van der Waals surface area contributed by atoms with Crippen LogP contribution in [0.15, 0.2) is 0 Å². The Bertz CT molecular complexity index is 233. The fourth-order valence-corrected chi connectivity index (χ4v) is 3.41. The zero-order valence-electron chi connectivity index (χ0n) is 12.7. The molecule has 1 saturated carbocycles. The molecule has 2 atom stereocenters. The minimum atomic E-state index is -0.0266. The topological polar surface area (TPSA) is 35.5 Å². The summed E-state index contributed by atoms with van der Waals surface area (Å²) in [5.41, 5.74) is -0.0266.